The van der Waals surface area contributed by atoms with Crippen molar-refractivity contribution in [2.75, 3.05) is 0 Å². The maximum absolute atomic E-state index is 4.95. The van der Waals surface area contributed by atoms with Gasteiger partial charge in [0.15, 0.2) is 5.82 Å². The van der Waals surface area contributed by atoms with Crippen LogP contribution in [0, 0.1) is 6.92 Å². The minimum Gasteiger partial charge on any atom is -0.191 e. The number of thioether (sulfide) groups is 1. The van der Waals surface area contributed by atoms with Crippen molar-refractivity contribution < 1.29 is 0 Å². The molecule has 23 heavy (non-hydrogen) atoms. The first-order chi connectivity index (χ1) is 11.2. The summed E-state index contributed by atoms with van der Waals surface area (Å²) in [5, 5.41) is 14.9. The molecule has 0 saturated carbocycles. The third-order valence-electron chi connectivity index (χ3n) is 4.82. The Morgan fingerprint density at radius 3 is 2.87 bits per heavy atom. The predicted molar refractivity (Wildman–Crippen MR) is 94.4 cm³/mol. The molecular weight excluding hydrogens is 304 g/mol. The number of unbranched alkanes of at least 4 members (excludes halogenated alkanes) is 1. The van der Waals surface area contributed by atoms with Gasteiger partial charge in [0.05, 0.1) is 11.0 Å². The summed E-state index contributed by atoms with van der Waals surface area (Å²) in [5.74, 6) is 1.49. The molecule has 0 bridgehead atoms. The second-order valence-electron chi connectivity index (χ2n) is 6.43. The number of hydrogen-bond acceptors (Lipinski definition) is 4. The van der Waals surface area contributed by atoms with Crippen LogP contribution in [0.15, 0.2) is 28.5 Å². The molecule has 4 rings (SSSR count). The summed E-state index contributed by atoms with van der Waals surface area (Å²) in [6.45, 7) is 6.54. The fourth-order valence-corrected chi connectivity index (χ4v) is 4.91. The first-order valence-electron chi connectivity index (χ1n) is 8.53. The van der Waals surface area contributed by atoms with Crippen LogP contribution in [0.2, 0.25) is 0 Å². The van der Waals surface area contributed by atoms with E-state index in [4.69, 9.17) is 5.10 Å². The molecule has 1 aromatic carbocycles. The Labute approximate surface area is 141 Å². The van der Waals surface area contributed by atoms with E-state index in [2.05, 4.69) is 49.2 Å². The Morgan fingerprint density at radius 2 is 2.09 bits per heavy atom. The second kappa shape index (κ2) is 5.78. The summed E-state index contributed by atoms with van der Waals surface area (Å²) < 4.78 is 1.95. The average Bonchev–Trinajstić information content (AvgIpc) is 3.09. The molecule has 0 amide bonds. The quantitative estimate of drug-likeness (QED) is 0.847. The smallest absolute Gasteiger partial charge is 0.191 e. The zero-order chi connectivity index (χ0) is 16.0. The van der Waals surface area contributed by atoms with Gasteiger partial charge in [-0.25, -0.2) is 0 Å². The fraction of sp³-hybridized carbons (Fsp3) is 0.500. The van der Waals surface area contributed by atoms with Gasteiger partial charge in [-0.3, -0.25) is 0 Å². The first kappa shape index (κ1) is 14.9. The van der Waals surface area contributed by atoms with E-state index in [0.717, 1.165) is 17.4 Å². The molecule has 1 aliphatic carbocycles. The molecule has 1 aromatic heterocycles. The van der Waals surface area contributed by atoms with Crippen molar-refractivity contribution in [1.29, 1.82) is 0 Å². The van der Waals surface area contributed by atoms with E-state index < -0.39 is 0 Å². The minimum absolute atomic E-state index is 0.389. The Balaban J connectivity index is 1.83. The van der Waals surface area contributed by atoms with Crippen molar-refractivity contribution in [2.45, 2.75) is 62.8 Å². The standard InChI is InChI=1S/C18H22N4S/c1-4-6-7-13-14-10-11(3)8-9-12(14)16-17(13)23-18-20-19-15(5-2)22(18)21-16/h8-10,13,17H,4-7H2,1-3H3. The normalized spacial score (nSPS) is 21.6. The van der Waals surface area contributed by atoms with Crippen LogP contribution in [0.3, 0.4) is 0 Å². The van der Waals surface area contributed by atoms with Crippen LogP contribution in [0.5, 0.6) is 0 Å². The third-order valence-corrected chi connectivity index (χ3v) is 6.09. The number of rotatable bonds is 4. The summed E-state index contributed by atoms with van der Waals surface area (Å²) >= 11 is 1.84. The summed E-state index contributed by atoms with van der Waals surface area (Å²) in [5.41, 5.74) is 5.36. The zero-order valence-electron chi connectivity index (χ0n) is 13.9. The van der Waals surface area contributed by atoms with Crippen molar-refractivity contribution in [3.05, 3.63) is 40.7 Å². The Kier molecular flexibility index (Phi) is 3.76. The average molecular weight is 326 g/mol. The highest BCUT2D eigenvalue weighted by Gasteiger charge is 2.41. The molecule has 1 aliphatic heterocycles. The van der Waals surface area contributed by atoms with Gasteiger partial charge in [-0.1, -0.05) is 62.2 Å². The topological polar surface area (TPSA) is 43.1 Å². The van der Waals surface area contributed by atoms with E-state index in [0.29, 0.717) is 11.2 Å². The molecule has 0 fully saturated rings. The Morgan fingerprint density at radius 1 is 1.22 bits per heavy atom. The van der Waals surface area contributed by atoms with Crippen molar-refractivity contribution in [3.63, 3.8) is 0 Å². The maximum Gasteiger partial charge on any atom is 0.212 e. The van der Waals surface area contributed by atoms with Crippen LogP contribution in [0.25, 0.3) is 0 Å². The predicted octanol–water partition coefficient (Wildman–Crippen LogP) is 4.16. The molecule has 120 valence electrons. The number of hydrogen-bond donors (Lipinski definition) is 0. The van der Waals surface area contributed by atoms with Gasteiger partial charge in [0.2, 0.25) is 5.16 Å². The highest BCUT2D eigenvalue weighted by Crippen LogP contribution is 2.47. The van der Waals surface area contributed by atoms with E-state index in [1.165, 1.54) is 41.7 Å². The van der Waals surface area contributed by atoms with Crippen molar-refractivity contribution in [2.24, 2.45) is 5.10 Å². The van der Waals surface area contributed by atoms with Gasteiger partial charge in [0.1, 0.15) is 0 Å². The highest BCUT2D eigenvalue weighted by atomic mass is 32.2. The zero-order valence-corrected chi connectivity index (χ0v) is 14.7. The molecule has 2 heterocycles. The Hall–Kier alpha value is -1.62. The van der Waals surface area contributed by atoms with Gasteiger partial charge >= 0.3 is 0 Å². The van der Waals surface area contributed by atoms with Gasteiger partial charge in [-0.15, -0.1) is 10.2 Å². The highest BCUT2D eigenvalue weighted by molar-refractivity contribution is 8.00. The van der Waals surface area contributed by atoms with Crippen LogP contribution >= 0.6 is 11.8 Å². The molecule has 2 atom stereocenters. The number of fused-ring (bicyclic) bond motifs is 4. The fourth-order valence-electron chi connectivity index (χ4n) is 3.62. The number of nitrogens with zero attached hydrogens (tertiary/aromatic N) is 4. The molecule has 0 spiro atoms. The number of aryl methyl sites for hydroxylation is 2. The summed E-state index contributed by atoms with van der Waals surface area (Å²) in [4.78, 5) is 0. The van der Waals surface area contributed by atoms with Crippen molar-refractivity contribution in [3.8, 4) is 0 Å². The number of benzene rings is 1. The van der Waals surface area contributed by atoms with Gasteiger partial charge in [0.25, 0.3) is 0 Å². The lowest BCUT2D eigenvalue weighted by molar-refractivity contribution is 0.609. The van der Waals surface area contributed by atoms with Crippen molar-refractivity contribution >= 4 is 17.5 Å². The lowest BCUT2D eigenvalue weighted by Gasteiger charge is -2.22. The van der Waals surface area contributed by atoms with Gasteiger partial charge in [0, 0.05) is 17.9 Å². The SMILES string of the molecule is CCCCC1c2cc(C)ccc2C2=Nn3c(CC)nnc3SC21. The van der Waals surface area contributed by atoms with E-state index in [1.54, 1.807) is 0 Å². The molecule has 5 heteroatoms. The molecule has 0 radical (unpaired) electrons. The summed E-state index contributed by atoms with van der Waals surface area (Å²) in [7, 11) is 0. The minimum atomic E-state index is 0.389. The van der Waals surface area contributed by atoms with Crippen LogP contribution in [-0.2, 0) is 6.42 Å². The van der Waals surface area contributed by atoms with Gasteiger partial charge in [-0.05, 0) is 18.9 Å². The largest absolute Gasteiger partial charge is 0.212 e. The molecule has 2 aliphatic rings. The summed E-state index contributed by atoms with van der Waals surface area (Å²) in [6, 6.07) is 6.82. The van der Waals surface area contributed by atoms with Crippen LogP contribution in [-0.4, -0.2) is 25.8 Å². The maximum atomic E-state index is 4.95. The van der Waals surface area contributed by atoms with E-state index in [9.17, 15) is 0 Å². The lowest BCUT2D eigenvalue weighted by Crippen LogP contribution is -2.23. The molecule has 4 nitrogen and oxygen atoms in total. The van der Waals surface area contributed by atoms with Crippen LogP contribution in [0.1, 0.15) is 61.5 Å². The van der Waals surface area contributed by atoms with Gasteiger partial charge < -0.3 is 0 Å². The molecular formula is C18H22N4S. The third kappa shape index (κ3) is 2.33. The monoisotopic (exact) mass is 326 g/mol. The summed E-state index contributed by atoms with van der Waals surface area (Å²) in [6.07, 6.45) is 4.57. The van der Waals surface area contributed by atoms with Crippen molar-refractivity contribution in [1.82, 2.24) is 14.9 Å². The van der Waals surface area contributed by atoms with Crippen LogP contribution in [0.4, 0.5) is 0 Å². The molecule has 2 unspecified atom stereocenters. The Bertz CT molecular complexity index is 777. The molecule has 2 aromatic rings. The van der Waals surface area contributed by atoms with Gasteiger partial charge in [-0.2, -0.15) is 9.78 Å². The van der Waals surface area contributed by atoms with E-state index in [-0.39, 0.29) is 0 Å². The first-order valence-corrected chi connectivity index (χ1v) is 9.41. The molecule has 0 N–H and O–H groups in total. The van der Waals surface area contributed by atoms with E-state index in [1.807, 2.05) is 16.4 Å². The van der Waals surface area contributed by atoms with Crippen LogP contribution < -0.4 is 0 Å². The van der Waals surface area contributed by atoms with E-state index >= 15 is 0 Å². The molecule has 0 saturated heterocycles. The number of aromatic nitrogens is 3. The second-order valence-corrected chi connectivity index (χ2v) is 7.54. The lowest BCUT2D eigenvalue weighted by atomic mass is 9.94.